The van der Waals surface area contributed by atoms with Crippen molar-refractivity contribution in [2.45, 2.75) is 19.8 Å². The molecule has 6 heteroatoms. The maximum absolute atomic E-state index is 13.3. The molecule has 0 heterocycles. The predicted octanol–water partition coefficient (Wildman–Crippen LogP) is 2.86. The van der Waals surface area contributed by atoms with E-state index in [1.54, 1.807) is 6.92 Å². The normalized spacial score (nSPS) is 10.1. The molecule has 0 saturated carbocycles. The van der Waals surface area contributed by atoms with E-state index in [2.05, 4.69) is 9.91 Å². The first-order chi connectivity index (χ1) is 8.08. The third-order valence-corrected chi connectivity index (χ3v) is 2.12. The number of carbonyl (C=O) groups is 1. The highest BCUT2D eigenvalue weighted by molar-refractivity contribution is 5.69. The molecule has 92 valence electrons. The summed E-state index contributed by atoms with van der Waals surface area (Å²) in [5, 5.41) is 2.44. The molecular formula is C11H11F2NO3. The summed E-state index contributed by atoms with van der Waals surface area (Å²) in [6.45, 7) is 1.86. The Hall–Kier alpha value is -1.85. The van der Waals surface area contributed by atoms with Crippen LogP contribution < -0.4 is 0 Å². The van der Waals surface area contributed by atoms with Crippen molar-refractivity contribution in [3.63, 3.8) is 0 Å². The van der Waals surface area contributed by atoms with Gasteiger partial charge in [0.25, 0.3) is 0 Å². The molecule has 0 aliphatic carbocycles. The van der Waals surface area contributed by atoms with Gasteiger partial charge in [0, 0.05) is 24.1 Å². The topological polar surface area (TPSA) is 55.7 Å². The van der Waals surface area contributed by atoms with Gasteiger partial charge < -0.3 is 4.74 Å². The molecule has 1 aromatic carbocycles. The third kappa shape index (κ3) is 3.58. The SMILES string of the molecule is CCOC(=O)CCc1c(F)cc(N=O)cc1F. The number of halogens is 2. The summed E-state index contributed by atoms with van der Waals surface area (Å²) in [5.41, 5.74) is -0.565. The quantitative estimate of drug-likeness (QED) is 0.590. The van der Waals surface area contributed by atoms with E-state index >= 15 is 0 Å². The van der Waals surface area contributed by atoms with E-state index in [0.29, 0.717) is 0 Å². The molecule has 0 radical (unpaired) electrons. The summed E-state index contributed by atoms with van der Waals surface area (Å²) in [4.78, 5) is 21.1. The van der Waals surface area contributed by atoms with Gasteiger partial charge in [0.05, 0.1) is 6.61 Å². The summed E-state index contributed by atoms with van der Waals surface area (Å²) >= 11 is 0. The molecule has 0 amide bonds. The number of benzene rings is 1. The molecule has 0 atom stereocenters. The van der Waals surface area contributed by atoms with E-state index in [1.807, 2.05) is 0 Å². The lowest BCUT2D eigenvalue weighted by Gasteiger charge is -2.05. The smallest absolute Gasteiger partial charge is 0.306 e. The number of carbonyl (C=O) groups excluding carboxylic acids is 1. The Morgan fingerprint density at radius 3 is 2.41 bits per heavy atom. The summed E-state index contributed by atoms with van der Waals surface area (Å²) in [6, 6.07) is 1.66. The Morgan fingerprint density at radius 2 is 1.94 bits per heavy atom. The maximum Gasteiger partial charge on any atom is 0.306 e. The van der Waals surface area contributed by atoms with E-state index < -0.39 is 17.6 Å². The highest BCUT2D eigenvalue weighted by Gasteiger charge is 2.13. The van der Waals surface area contributed by atoms with Gasteiger partial charge in [0.15, 0.2) is 0 Å². The average Bonchev–Trinajstić information content (AvgIpc) is 2.28. The van der Waals surface area contributed by atoms with Crippen molar-refractivity contribution in [1.29, 1.82) is 0 Å². The van der Waals surface area contributed by atoms with E-state index in [0.717, 1.165) is 12.1 Å². The predicted molar refractivity (Wildman–Crippen MR) is 56.8 cm³/mol. The Bertz CT molecular complexity index is 412. The molecule has 0 N–H and O–H groups in total. The number of hydrogen-bond donors (Lipinski definition) is 0. The molecule has 0 saturated heterocycles. The van der Waals surface area contributed by atoms with Crippen LogP contribution in [0.15, 0.2) is 17.3 Å². The van der Waals surface area contributed by atoms with Crippen LogP contribution in [0.5, 0.6) is 0 Å². The zero-order chi connectivity index (χ0) is 12.8. The van der Waals surface area contributed by atoms with E-state index in [9.17, 15) is 18.5 Å². The number of nitrogens with zero attached hydrogens (tertiary/aromatic N) is 1. The first kappa shape index (κ1) is 13.2. The van der Waals surface area contributed by atoms with E-state index in [1.165, 1.54) is 0 Å². The standard InChI is InChI=1S/C11H11F2NO3/c1-2-17-11(15)4-3-8-9(12)5-7(14-16)6-10(8)13/h5-6H,2-4H2,1H3. The number of nitroso groups, excluding NO2 is 1. The zero-order valence-corrected chi connectivity index (χ0v) is 9.20. The minimum atomic E-state index is -0.885. The minimum Gasteiger partial charge on any atom is -0.466 e. The van der Waals surface area contributed by atoms with Crippen LogP contribution in [0.3, 0.4) is 0 Å². The second kappa shape index (κ2) is 6.03. The minimum absolute atomic E-state index is 0.115. The molecule has 4 nitrogen and oxygen atoms in total. The van der Waals surface area contributed by atoms with Crippen LogP contribution in [0.4, 0.5) is 14.5 Å². The van der Waals surface area contributed by atoms with E-state index in [-0.39, 0.29) is 30.7 Å². The van der Waals surface area contributed by atoms with Gasteiger partial charge in [-0.1, -0.05) is 0 Å². The molecule has 0 unspecified atom stereocenters. The Kier molecular flexibility index (Phi) is 4.68. The largest absolute Gasteiger partial charge is 0.466 e. The van der Waals surface area contributed by atoms with Crippen molar-refractivity contribution in [1.82, 2.24) is 0 Å². The van der Waals surface area contributed by atoms with E-state index in [4.69, 9.17) is 0 Å². The molecule has 0 fully saturated rings. The first-order valence-electron chi connectivity index (χ1n) is 5.05. The third-order valence-electron chi connectivity index (χ3n) is 2.12. The van der Waals surface area contributed by atoms with Crippen LogP contribution in [0.25, 0.3) is 0 Å². The van der Waals surface area contributed by atoms with Crippen molar-refractivity contribution in [3.05, 3.63) is 34.2 Å². The maximum atomic E-state index is 13.3. The van der Waals surface area contributed by atoms with Gasteiger partial charge >= 0.3 is 5.97 Å². The van der Waals surface area contributed by atoms with Gasteiger partial charge in [-0.05, 0) is 18.5 Å². The summed E-state index contributed by atoms with van der Waals surface area (Å²) in [5.74, 6) is -2.29. The summed E-state index contributed by atoms with van der Waals surface area (Å²) in [6.07, 6.45) is -0.231. The molecule has 0 aromatic heterocycles. The van der Waals surface area contributed by atoms with Crippen molar-refractivity contribution in [2.75, 3.05) is 6.61 Å². The van der Waals surface area contributed by atoms with Gasteiger partial charge in [0.1, 0.15) is 17.3 Å². The zero-order valence-electron chi connectivity index (χ0n) is 9.20. The highest BCUT2D eigenvalue weighted by atomic mass is 19.1. The monoisotopic (exact) mass is 243 g/mol. The first-order valence-corrected chi connectivity index (χ1v) is 5.05. The molecule has 0 aliphatic heterocycles. The van der Waals surface area contributed by atoms with Crippen LogP contribution in [-0.2, 0) is 16.0 Å². The van der Waals surface area contributed by atoms with Crippen LogP contribution >= 0.6 is 0 Å². The molecule has 17 heavy (non-hydrogen) atoms. The molecule has 1 aromatic rings. The van der Waals surface area contributed by atoms with Crippen LogP contribution in [0.1, 0.15) is 18.9 Å². The number of ether oxygens (including phenoxy) is 1. The van der Waals surface area contributed by atoms with Crippen molar-refractivity contribution < 1.29 is 18.3 Å². The second-order valence-corrected chi connectivity index (χ2v) is 3.28. The van der Waals surface area contributed by atoms with Gasteiger partial charge in [-0.2, -0.15) is 0 Å². The lowest BCUT2D eigenvalue weighted by Crippen LogP contribution is -2.07. The van der Waals surface area contributed by atoms with Crippen LogP contribution in [0, 0.1) is 16.5 Å². The van der Waals surface area contributed by atoms with Crippen LogP contribution in [-0.4, -0.2) is 12.6 Å². The lowest BCUT2D eigenvalue weighted by atomic mass is 10.1. The fourth-order valence-electron chi connectivity index (χ4n) is 1.34. The Labute approximate surface area is 96.6 Å². The Balaban J connectivity index is 2.78. The number of rotatable bonds is 5. The lowest BCUT2D eigenvalue weighted by molar-refractivity contribution is -0.143. The fraction of sp³-hybridized carbons (Fsp3) is 0.364. The van der Waals surface area contributed by atoms with Gasteiger partial charge in [0.2, 0.25) is 0 Å². The molecular weight excluding hydrogens is 232 g/mol. The molecule has 0 bridgehead atoms. The fourth-order valence-corrected chi connectivity index (χ4v) is 1.34. The molecule has 0 spiro atoms. The number of esters is 1. The number of hydrogen-bond acceptors (Lipinski definition) is 4. The van der Waals surface area contributed by atoms with Crippen molar-refractivity contribution in [3.8, 4) is 0 Å². The summed E-state index contributed by atoms with van der Waals surface area (Å²) < 4.78 is 31.3. The highest BCUT2D eigenvalue weighted by Crippen LogP contribution is 2.22. The molecule has 1 rings (SSSR count). The Morgan fingerprint density at radius 1 is 1.35 bits per heavy atom. The van der Waals surface area contributed by atoms with Gasteiger partial charge in [-0.15, -0.1) is 4.91 Å². The van der Waals surface area contributed by atoms with Crippen molar-refractivity contribution in [2.24, 2.45) is 5.18 Å². The van der Waals surface area contributed by atoms with Gasteiger partial charge in [-0.25, -0.2) is 8.78 Å². The second-order valence-electron chi connectivity index (χ2n) is 3.28. The van der Waals surface area contributed by atoms with Gasteiger partial charge in [-0.3, -0.25) is 4.79 Å². The van der Waals surface area contributed by atoms with Crippen molar-refractivity contribution >= 4 is 11.7 Å². The average molecular weight is 243 g/mol. The van der Waals surface area contributed by atoms with Crippen LogP contribution in [0.2, 0.25) is 0 Å². The molecule has 0 aliphatic rings. The summed E-state index contributed by atoms with van der Waals surface area (Å²) in [7, 11) is 0.